The molecule has 0 amide bonds. The van der Waals surface area contributed by atoms with Crippen molar-refractivity contribution in [3.05, 3.63) is 34.3 Å². The van der Waals surface area contributed by atoms with Crippen LogP contribution < -0.4 is 5.32 Å². The third-order valence-corrected chi connectivity index (χ3v) is 2.62. The van der Waals surface area contributed by atoms with E-state index in [9.17, 15) is 0 Å². The van der Waals surface area contributed by atoms with E-state index in [1.54, 1.807) is 0 Å². The zero-order valence-corrected chi connectivity index (χ0v) is 10.0. The highest BCUT2D eigenvalue weighted by molar-refractivity contribution is 6.30. The van der Waals surface area contributed by atoms with Crippen LogP contribution in [0, 0.1) is 12.8 Å². The topological polar surface area (TPSA) is 12.0 Å². The minimum Gasteiger partial charge on any atom is -0.313 e. The zero-order valence-electron chi connectivity index (χ0n) is 9.26. The summed E-state index contributed by atoms with van der Waals surface area (Å²) in [4.78, 5) is 0. The van der Waals surface area contributed by atoms with Gasteiger partial charge in [0, 0.05) is 11.1 Å². The maximum Gasteiger partial charge on any atom is 0.0411 e. The molecule has 0 radical (unpaired) electrons. The van der Waals surface area contributed by atoms with E-state index in [0.717, 1.165) is 5.02 Å². The number of hydrogen-bond donors (Lipinski definition) is 1. The molecule has 0 aliphatic heterocycles. The minimum absolute atomic E-state index is 0.382. The first-order valence-corrected chi connectivity index (χ1v) is 5.36. The Morgan fingerprint density at radius 2 is 1.86 bits per heavy atom. The van der Waals surface area contributed by atoms with E-state index in [-0.39, 0.29) is 0 Å². The Morgan fingerprint density at radius 3 is 2.29 bits per heavy atom. The number of hydrogen-bond acceptors (Lipinski definition) is 1. The van der Waals surface area contributed by atoms with Crippen LogP contribution in [0.3, 0.4) is 0 Å². The third kappa shape index (κ3) is 2.73. The van der Waals surface area contributed by atoms with E-state index in [1.165, 1.54) is 11.1 Å². The van der Waals surface area contributed by atoms with E-state index in [2.05, 4.69) is 32.2 Å². The van der Waals surface area contributed by atoms with Crippen molar-refractivity contribution < 1.29 is 0 Å². The number of halogens is 1. The first kappa shape index (κ1) is 11.5. The molecular formula is C12H18ClN. The molecule has 1 atom stereocenters. The van der Waals surface area contributed by atoms with E-state index < -0.39 is 0 Å². The van der Waals surface area contributed by atoms with Crippen LogP contribution in [0.15, 0.2) is 18.2 Å². The van der Waals surface area contributed by atoms with Gasteiger partial charge in [-0.2, -0.15) is 0 Å². The molecule has 2 heteroatoms. The summed E-state index contributed by atoms with van der Waals surface area (Å²) in [5.74, 6) is 0.567. The van der Waals surface area contributed by atoms with Crippen LogP contribution in [0.5, 0.6) is 0 Å². The van der Waals surface area contributed by atoms with Gasteiger partial charge in [-0.05, 0) is 43.1 Å². The van der Waals surface area contributed by atoms with E-state index in [4.69, 9.17) is 11.6 Å². The Balaban J connectivity index is 3.04. The van der Waals surface area contributed by atoms with Gasteiger partial charge in [0.1, 0.15) is 0 Å². The van der Waals surface area contributed by atoms with Crippen molar-refractivity contribution in [2.75, 3.05) is 7.05 Å². The second kappa shape index (κ2) is 4.81. The third-order valence-electron chi connectivity index (χ3n) is 2.40. The van der Waals surface area contributed by atoms with Gasteiger partial charge in [-0.1, -0.05) is 31.5 Å². The number of benzene rings is 1. The van der Waals surface area contributed by atoms with Crippen LogP contribution in [0.4, 0.5) is 0 Å². The largest absolute Gasteiger partial charge is 0.313 e. The minimum atomic E-state index is 0.382. The highest BCUT2D eigenvalue weighted by atomic mass is 35.5. The SMILES string of the molecule is CNC(c1cc(C)cc(Cl)c1)C(C)C. The zero-order chi connectivity index (χ0) is 10.7. The van der Waals surface area contributed by atoms with Crippen LogP contribution in [0.25, 0.3) is 0 Å². The molecule has 0 spiro atoms. The highest BCUT2D eigenvalue weighted by Crippen LogP contribution is 2.25. The lowest BCUT2D eigenvalue weighted by Crippen LogP contribution is -2.21. The molecular weight excluding hydrogens is 194 g/mol. The van der Waals surface area contributed by atoms with Crippen molar-refractivity contribution >= 4 is 11.6 Å². The Hall–Kier alpha value is -0.530. The highest BCUT2D eigenvalue weighted by Gasteiger charge is 2.13. The summed E-state index contributed by atoms with van der Waals surface area (Å²) < 4.78 is 0. The molecule has 78 valence electrons. The average Bonchev–Trinajstić information content (AvgIpc) is 2.02. The van der Waals surface area contributed by atoms with E-state index in [1.807, 2.05) is 19.2 Å². The van der Waals surface area contributed by atoms with Crippen LogP contribution in [-0.2, 0) is 0 Å². The quantitative estimate of drug-likeness (QED) is 0.806. The van der Waals surface area contributed by atoms with E-state index in [0.29, 0.717) is 12.0 Å². The maximum atomic E-state index is 6.03. The van der Waals surface area contributed by atoms with Crippen molar-refractivity contribution in [2.45, 2.75) is 26.8 Å². The van der Waals surface area contributed by atoms with Gasteiger partial charge >= 0.3 is 0 Å². The summed E-state index contributed by atoms with van der Waals surface area (Å²) in [5, 5.41) is 4.13. The van der Waals surface area contributed by atoms with Gasteiger partial charge in [0.05, 0.1) is 0 Å². The van der Waals surface area contributed by atoms with E-state index >= 15 is 0 Å². The molecule has 0 heterocycles. The lowest BCUT2D eigenvalue weighted by Gasteiger charge is -2.21. The summed E-state index contributed by atoms with van der Waals surface area (Å²) in [6, 6.07) is 6.59. The molecule has 1 unspecified atom stereocenters. The maximum absolute atomic E-state index is 6.03. The molecule has 0 aliphatic carbocycles. The Kier molecular flexibility index (Phi) is 3.97. The van der Waals surface area contributed by atoms with Crippen LogP contribution in [0.1, 0.15) is 31.0 Å². The second-order valence-corrected chi connectivity index (χ2v) is 4.51. The molecule has 14 heavy (non-hydrogen) atoms. The second-order valence-electron chi connectivity index (χ2n) is 4.07. The number of aryl methyl sites for hydroxylation is 1. The first-order valence-electron chi connectivity index (χ1n) is 4.99. The number of rotatable bonds is 3. The lowest BCUT2D eigenvalue weighted by atomic mass is 9.95. The lowest BCUT2D eigenvalue weighted by molar-refractivity contribution is 0.443. The summed E-state index contributed by atoms with van der Waals surface area (Å²) in [7, 11) is 1.99. The Morgan fingerprint density at radius 1 is 1.21 bits per heavy atom. The van der Waals surface area contributed by atoms with Crippen LogP contribution >= 0.6 is 11.6 Å². The molecule has 1 rings (SSSR count). The molecule has 1 N–H and O–H groups in total. The standard InChI is InChI=1S/C12H18ClN/c1-8(2)12(14-4)10-5-9(3)6-11(13)7-10/h5-8,12,14H,1-4H3. The van der Waals surface area contributed by atoms with Crippen molar-refractivity contribution in [1.29, 1.82) is 0 Å². The van der Waals surface area contributed by atoms with Gasteiger partial charge in [0.15, 0.2) is 0 Å². The Labute approximate surface area is 91.5 Å². The molecule has 0 aliphatic rings. The van der Waals surface area contributed by atoms with Crippen LogP contribution in [0.2, 0.25) is 5.02 Å². The van der Waals surface area contributed by atoms with Gasteiger partial charge in [0.25, 0.3) is 0 Å². The molecule has 1 aromatic rings. The smallest absolute Gasteiger partial charge is 0.0411 e. The molecule has 0 bridgehead atoms. The predicted molar refractivity (Wildman–Crippen MR) is 62.8 cm³/mol. The van der Waals surface area contributed by atoms with Gasteiger partial charge in [0.2, 0.25) is 0 Å². The first-order chi connectivity index (χ1) is 6.54. The van der Waals surface area contributed by atoms with Crippen molar-refractivity contribution in [3.63, 3.8) is 0 Å². The van der Waals surface area contributed by atoms with Crippen molar-refractivity contribution in [3.8, 4) is 0 Å². The number of nitrogens with one attached hydrogen (secondary N) is 1. The Bertz CT molecular complexity index is 287. The monoisotopic (exact) mass is 211 g/mol. The fraction of sp³-hybridized carbons (Fsp3) is 0.500. The molecule has 1 nitrogen and oxygen atoms in total. The predicted octanol–water partition coefficient (Wildman–Crippen LogP) is 3.56. The van der Waals surface area contributed by atoms with Crippen LogP contribution in [-0.4, -0.2) is 7.05 Å². The van der Waals surface area contributed by atoms with Crippen molar-refractivity contribution in [2.24, 2.45) is 5.92 Å². The average molecular weight is 212 g/mol. The fourth-order valence-corrected chi connectivity index (χ4v) is 2.13. The fourth-order valence-electron chi connectivity index (χ4n) is 1.83. The molecule has 0 fully saturated rings. The molecule has 0 aromatic heterocycles. The summed E-state index contributed by atoms with van der Waals surface area (Å²) in [6.07, 6.45) is 0. The normalized spacial score (nSPS) is 13.3. The van der Waals surface area contributed by atoms with Crippen molar-refractivity contribution in [1.82, 2.24) is 5.32 Å². The van der Waals surface area contributed by atoms with Gasteiger partial charge in [-0.25, -0.2) is 0 Å². The summed E-state index contributed by atoms with van der Waals surface area (Å²) in [6.45, 7) is 6.48. The summed E-state index contributed by atoms with van der Waals surface area (Å²) in [5.41, 5.74) is 2.49. The van der Waals surface area contributed by atoms with Gasteiger partial charge in [-0.3, -0.25) is 0 Å². The molecule has 0 saturated carbocycles. The molecule has 0 saturated heterocycles. The van der Waals surface area contributed by atoms with Gasteiger partial charge < -0.3 is 5.32 Å². The van der Waals surface area contributed by atoms with Gasteiger partial charge in [-0.15, -0.1) is 0 Å². The molecule has 1 aromatic carbocycles. The summed E-state index contributed by atoms with van der Waals surface area (Å²) >= 11 is 6.03.